The number of hydrogen-bond donors (Lipinski definition) is 3. The summed E-state index contributed by atoms with van der Waals surface area (Å²) < 4.78 is 62.3. The van der Waals surface area contributed by atoms with Crippen LogP contribution in [-0.4, -0.2) is 35.8 Å². The van der Waals surface area contributed by atoms with Crippen molar-refractivity contribution in [1.29, 1.82) is 0 Å². The molecule has 0 saturated heterocycles. The molecule has 0 bridgehead atoms. The van der Waals surface area contributed by atoms with Gasteiger partial charge < -0.3 is 15.5 Å². The molecule has 0 aliphatic carbocycles. The summed E-state index contributed by atoms with van der Waals surface area (Å²) in [4.78, 5) is 0. The van der Waals surface area contributed by atoms with Crippen molar-refractivity contribution in [3.05, 3.63) is 35.4 Å². The Balaban J connectivity index is 2.54. The molecule has 20 heavy (non-hydrogen) atoms. The normalized spacial score (nSPS) is 14.3. The summed E-state index contributed by atoms with van der Waals surface area (Å²) in [5.74, 6) is -3.31. The second-order valence-corrected chi connectivity index (χ2v) is 4.28. The monoisotopic (exact) mass is 299 g/mol. The van der Waals surface area contributed by atoms with Crippen LogP contribution in [0.1, 0.15) is 17.2 Å². The first kappa shape index (κ1) is 16.8. The second-order valence-electron chi connectivity index (χ2n) is 4.28. The van der Waals surface area contributed by atoms with Gasteiger partial charge in [0.1, 0.15) is 6.61 Å². The van der Waals surface area contributed by atoms with Crippen molar-refractivity contribution < 1.29 is 32.2 Å². The molecule has 0 aliphatic rings. The summed E-state index contributed by atoms with van der Waals surface area (Å²) in [7, 11) is 0. The Morgan fingerprint density at radius 1 is 1.05 bits per heavy atom. The number of benzene rings is 1. The number of aliphatic hydroxyl groups excluding tert-OH is 2. The van der Waals surface area contributed by atoms with Gasteiger partial charge in [-0.1, -0.05) is 12.1 Å². The van der Waals surface area contributed by atoms with Crippen LogP contribution in [0.25, 0.3) is 0 Å². The third kappa shape index (κ3) is 5.03. The fourth-order valence-corrected chi connectivity index (χ4v) is 1.46. The minimum absolute atomic E-state index is 0.179. The second kappa shape index (κ2) is 6.47. The number of alkyl halides is 5. The lowest BCUT2D eigenvalue weighted by molar-refractivity contribution is -0.137. The molecular formula is C12H14F5NO2. The third-order valence-corrected chi connectivity index (χ3v) is 2.58. The molecular weight excluding hydrogens is 285 g/mol. The maximum absolute atomic E-state index is 12.7. The minimum Gasteiger partial charge on any atom is -0.390 e. The number of hydrogen-bond acceptors (Lipinski definition) is 3. The zero-order valence-electron chi connectivity index (χ0n) is 10.3. The Bertz CT molecular complexity index is 419. The van der Waals surface area contributed by atoms with Crippen LogP contribution in [-0.2, 0) is 6.18 Å². The molecule has 0 amide bonds. The molecule has 0 spiro atoms. The van der Waals surface area contributed by atoms with Gasteiger partial charge >= 0.3 is 6.18 Å². The minimum atomic E-state index is -4.47. The Morgan fingerprint density at radius 3 is 2.05 bits per heavy atom. The van der Waals surface area contributed by atoms with Gasteiger partial charge in [0.15, 0.2) is 0 Å². The van der Waals surface area contributed by atoms with Crippen molar-refractivity contribution in [3.8, 4) is 0 Å². The van der Waals surface area contributed by atoms with Gasteiger partial charge in [0.2, 0.25) is 0 Å². The van der Waals surface area contributed by atoms with Gasteiger partial charge in [-0.25, -0.2) is 8.78 Å². The first-order valence-corrected chi connectivity index (χ1v) is 5.70. The summed E-state index contributed by atoms with van der Waals surface area (Å²) in [6.45, 7) is -2.42. The van der Waals surface area contributed by atoms with Crippen LogP contribution in [0.3, 0.4) is 0 Å². The van der Waals surface area contributed by atoms with Crippen molar-refractivity contribution in [2.24, 2.45) is 0 Å². The third-order valence-electron chi connectivity index (χ3n) is 2.58. The fraction of sp³-hybridized carbons (Fsp3) is 0.500. The average Bonchev–Trinajstić information content (AvgIpc) is 2.37. The van der Waals surface area contributed by atoms with E-state index in [0.717, 1.165) is 24.3 Å². The highest BCUT2D eigenvalue weighted by atomic mass is 19.4. The van der Waals surface area contributed by atoms with E-state index in [1.807, 2.05) is 0 Å². The van der Waals surface area contributed by atoms with Crippen LogP contribution in [0.4, 0.5) is 22.0 Å². The molecule has 1 unspecified atom stereocenters. The molecule has 0 saturated carbocycles. The maximum Gasteiger partial charge on any atom is 0.416 e. The van der Waals surface area contributed by atoms with Gasteiger partial charge in [0, 0.05) is 6.54 Å². The molecule has 8 heteroatoms. The molecule has 0 aromatic heterocycles. The van der Waals surface area contributed by atoms with Crippen molar-refractivity contribution in [1.82, 2.24) is 5.32 Å². The van der Waals surface area contributed by atoms with Crippen molar-refractivity contribution in [2.75, 3.05) is 19.7 Å². The lowest BCUT2D eigenvalue weighted by atomic mass is 10.1. The lowest BCUT2D eigenvalue weighted by Crippen LogP contribution is -2.37. The predicted molar refractivity (Wildman–Crippen MR) is 61.3 cm³/mol. The van der Waals surface area contributed by atoms with E-state index in [2.05, 4.69) is 5.32 Å². The molecule has 0 radical (unpaired) electrons. The smallest absolute Gasteiger partial charge is 0.390 e. The van der Waals surface area contributed by atoms with Gasteiger partial charge in [-0.2, -0.15) is 13.2 Å². The highest BCUT2D eigenvalue weighted by Gasteiger charge is 2.30. The molecule has 0 fully saturated rings. The molecule has 0 heterocycles. The highest BCUT2D eigenvalue weighted by Crippen LogP contribution is 2.29. The van der Waals surface area contributed by atoms with E-state index in [9.17, 15) is 27.1 Å². The summed E-state index contributed by atoms with van der Waals surface area (Å²) in [6, 6.07) is 3.78. The molecule has 3 nitrogen and oxygen atoms in total. The largest absolute Gasteiger partial charge is 0.416 e. The molecule has 1 aromatic carbocycles. The van der Waals surface area contributed by atoms with Crippen LogP contribution >= 0.6 is 0 Å². The summed E-state index contributed by atoms with van der Waals surface area (Å²) in [5, 5.41) is 20.2. The van der Waals surface area contributed by atoms with Gasteiger partial charge in [0.05, 0.1) is 18.2 Å². The van der Waals surface area contributed by atoms with Gasteiger partial charge in [0.25, 0.3) is 5.92 Å². The number of nitrogens with one attached hydrogen (secondary N) is 1. The number of aliphatic hydroxyl groups is 2. The van der Waals surface area contributed by atoms with Crippen LogP contribution in [0, 0.1) is 0 Å². The van der Waals surface area contributed by atoms with E-state index >= 15 is 0 Å². The first-order chi connectivity index (χ1) is 9.15. The van der Waals surface area contributed by atoms with E-state index in [1.54, 1.807) is 0 Å². The summed E-state index contributed by atoms with van der Waals surface area (Å²) in [5.41, 5.74) is -0.675. The topological polar surface area (TPSA) is 52.5 Å². The van der Waals surface area contributed by atoms with Crippen LogP contribution in [0.5, 0.6) is 0 Å². The van der Waals surface area contributed by atoms with Crippen molar-refractivity contribution in [2.45, 2.75) is 18.2 Å². The van der Waals surface area contributed by atoms with Crippen LogP contribution in [0.2, 0.25) is 0 Å². The van der Waals surface area contributed by atoms with Crippen molar-refractivity contribution >= 4 is 0 Å². The van der Waals surface area contributed by atoms with Gasteiger partial charge in [-0.15, -0.1) is 0 Å². The molecule has 1 aromatic rings. The average molecular weight is 299 g/mol. The van der Waals surface area contributed by atoms with Gasteiger partial charge in [-0.3, -0.25) is 0 Å². The summed E-state index contributed by atoms with van der Waals surface area (Å²) in [6.07, 6.45) is -5.68. The van der Waals surface area contributed by atoms with Crippen molar-refractivity contribution in [3.63, 3.8) is 0 Å². The van der Waals surface area contributed by atoms with E-state index in [-0.39, 0.29) is 12.1 Å². The Hall–Kier alpha value is -1.25. The maximum atomic E-state index is 12.7. The molecule has 0 aliphatic heterocycles. The molecule has 1 atom stereocenters. The first-order valence-electron chi connectivity index (χ1n) is 5.70. The van der Waals surface area contributed by atoms with E-state index in [0.29, 0.717) is 0 Å². The van der Waals surface area contributed by atoms with Crippen LogP contribution < -0.4 is 5.32 Å². The number of rotatable bonds is 6. The zero-order valence-corrected chi connectivity index (χ0v) is 10.3. The fourth-order valence-electron chi connectivity index (χ4n) is 1.46. The van der Waals surface area contributed by atoms with Gasteiger partial charge in [-0.05, 0) is 17.7 Å². The summed E-state index contributed by atoms with van der Waals surface area (Å²) >= 11 is 0. The molecule has 3 N–H and O–H groups in total. The zero-order chi connectivity index (χ0) is 15.4. The molecule has 114 valence electrons. The highest BCUT2D eigenvalue weighted by molar-refractivity contribution is 5.26. The van der Waals surface area contributed by atoms with Crippen LogP contribution in [0.15, 0.2) is 24.3 Å². The Morgan fingerprint density at radius 2 is 1.60 bits per heavy atom. The SMILES string of the molecule is OCC(F)(F)CNCC(O)c1ccc(C(F)(F)F)cc1. The predicted octanol–water partition coefficient (Wildman–Crippen LogP) is 1.96. The lowest BCUT2D eigenvalue weighted by Gasteiger charge is -2.17. The van der Waals surface area contributed by atoms with E-state index < -0.39 is 36.9 Å². The van der Waals surface area contributed by atoms with E-state index in [4.69, 9.17) is 5.11 Å². The quantitative estimate of drug-likeness (QED) is 0.704. The molecule has 1 rings (SSSR count). The van der Waals surface area contributed by atoms with E-state index in [1.165, 1.54) is 0 Å². The number of halogens is 5. The Labute approximate surface area is 112 Å². The Kier molecular flexibility index (Phi) is 5.43. The standard InChI is InChI=1S/C12H14F5NO2/c13-11(14,7-19)6-18-5-10(20)8-1-3-9(4-2-8)12(15,16)17/h1-4,10,18-20H,5-7H2.